The lowest BCUT2D eigenvalue weighted by Gasteiger charge is -2.13. The monoisotopic (exact) mass is 357 g/mol. The van der Waals surface area contributed by atoms with E-state index >= 15 is 0 Å². The number of hydrogen-bond acceptors (Lipinski definition) is 3. The van der Waals surface area contributed by atoms with Crippen molar-refractivity contribution in [2.45, 2.75) is 12.5 Å². The number of H-pyrrole nitrogens is 1. The van der Waals surface area contributed by atoms with Gasteiger partial charge in [-0.1, -0.05) is 42.5 Å². The van der Waals surface area contributed by atoms with Crippen LogP contribution in [0.4, 0.5) is 5.69 Å². The van der Waals surface area contributed by atoms with Gasteiger partial charge in [-0.3, -0.25) is 9.59 Å². The maximum absolute atomic E-state index is 12.7. The van der Waals surface area contributed by atoms with Crippen molar-refractivity contribution in [3.05, 3.63) is 88.6 Å². The molecule has 0 saturated carbocycles. The molecule has 0 aliphatic carbocycles. The van der Waals surface area contributed by atoms with Crippen LogP contribution >= 0.6 is 0 Å². The molecule has 134 valence electrons. The van der Waals surface area contributed by atoms with Gasteiger partial charge in [0.1, 0.15) is 0 Å². The van der Waals surface area contributed by atoms with E-state index < -0.39 is 6.04 Å². The zero-order chi connectivity index (χ0) is 18.8. The van der Waals surface area contributed by atoms with Gasteiger partial charge in [-0.05, 0) is 42.3 Å². The van der Waals surface area contributed by atoms with Crippen LogP contribution in [0.5, 0.6) is 0 Å². The van der Waals surface area contributed by atoms with Crippen molar-refractivity contribution < 1.29 is 4.79 Å². The van der Waals surface area contributed by atoms with Crippen LogP contribution in [0.3, 0.4) is 0 Å². The van der Waals surface area contributed by atoms with Crippen molar-refractivity contribution in [2.75, 3.05) is 5.32 Å². The number of para-hydroxylation sites is 1. The second-order valence-corrected chi connectivity index (χ2v) is 6.55. The van der Waals surface area contributed by atoms with Crippen molar-refractivity contribution in [1.29, 1.82) is 0 Å². The predicted molar refractivity (Wildman–Crippen MR) is 109 cm³/mol. The number of fused-ring (bicyclic) bond motifs is 2. The van der Waals surface area contributed by atoms with Crippen LogP contribution < -0.4 is 16.5 Å². The van der Waals surface area contributed by atoms with Crippen LogP contribution in [0, 0.1) is 0 Å². The predicted octanol–water partition coefficient (Wildman–Crippen LogP) is 3.19. The lowest BCUT2D eigenvalue weighted by molar-refractivity contribution is -0.117. The van der Waals surface area contributed by atoms with Crippen molar-refractivity contribution in [3.63, 3.8) is 0 Å². The Morgan fingerprint density at radius 3 is 2.44 bits per heavy atom. The molecular formula is C22H19N3O2. The fraction of sp³-hybridized carbons (Fsp3) is 0.0909. The highest BCUT2D eigenvalue weighted by atomic mass is 16.2. The molecule has 4 N–H and O–H groups in total. The van der Waals surface area contributed by atoms with Crippen molar-refractivity contribution >= 4 is 33.4 Å². The zero-order valence-electron chi connectivity index (χ0n) is 14.6. The Labute approximate surface area is 155 Å². The number of nitrogens with one attached hydrogen (secondary N) is 2. The normalized spacial score (nSPS) is 12.2. The van der Waals surface area contributed by atoms with E-state index in [1.807, 2.05) is 48.5 Å². The van der Waals surface area contributed by atoms with Crippen LogP contribution in [0.25, 0.3) is 21.8 Å². The minimum atomic E-state index is -0.669. The Kier molecular flexibility index (Phi) is 4.44. The van der Waals surface area contributed by atoms with Gasteiger partial charge in [0.15, 0.2) is 5.43 Å². The summed E-state index contributed by atoms with van der Waals surface area (Å²) in [7, 11) is 0. The maximum atomic E-state index is 12.7. The van der Waals surface area contributed by atoms with Gasteiger partial charge in [0.2, 0.25) is 5.91 Å². The number of benzene rings is 3. The molecule has 3 aromatic carbocycles. The quantitative estimate of drug-likeness (QED) is 0.490. The minimum Gasteiger partial charge on any atom is -0.354 e. The number of nitrogens with two attached hydrogens (primary N) is 1. The zero-order valence-corrected chi connectivity index (χ0v) is 14.6. The van der Waals surface area contributed by atoms with E-state index in [-0.39, 0.29) is 11.3 Å². The number of amides is 1. The average molecular weight is 357 g/mol. The first-order valence-corrected chi connectivity index (χ1v) is 8.77. The largest absolute Gasteiger partial charge is 0.354 e. The number of rotatable bonds is 4. The molecule has 0 saturated heterocycles. The standard InChI is InChI=1S/C22H19N3O2/c23-18(12-14-6-2-1-3-7-14)22(27)24-15-10-11-20-17(13-15)21(26)16-8-4-5-9-19(16)25-20/h1-11,13,18H,12,23H2,(H,24,27)(H,25,26). The second-order valence-electron chi connectivity index (χ2n) is 6.55. The molecule has 1 heterocycles. The Balaban J connectivity index is 1.60. The van der Waals surface area contributed by atoms with Crippen LogP contribution in [0.15, 0.2) is 77.6 Å². The first kappa shape index (κ1) is 17.0. The summed E-state index contributed by atoms with van der Waals surface area (Å²) in [5.74, 6) is -0.282. The van der Waals surface area contributed by atoms with Gasteiger partial charge >= 0.3 is 0 Å². The highest BCUT2D eigenvalue weighted by Crippen LogP contribution is 2.19. The Hall–Kier alpha value is -3.44. The summed E-state index contributed by atoms with van der Waals surface area (Å²) in [4.78, 5) is 28.4. The second kappa shape index (κ2) is 7.05. The number of aromatic amines is 1. The van der Waals surface area contributed by atoms with Crippen LogP contribution in [0.2, 0.25) is 0 Å². The summed E-state index contributed by atoms with van der Waals surface area (Å²) >= 11 is 0. The van der Waals surface area contributed by atoms with Crippen LogP contribution in [0.1, 0.15) is 5.56 Å². The fourth-order valence-corrected chi connectivity index (χ4v) is 3.19. The van der Waals surface area contributed by atoms with Crippen LogP contribution in [-0.4, -0.2) is 16.9 Å². The lowest BCUT2D eigenvalue weighted by atomic mass is 10.1. The first-order chi connectivity index (χ1) is 13.1. The summed E-state index contributed by atoms with van der Waals surface area (Å²) in [6, 6.07) is 21.6. The highest BCUT2D eigenvalue weighted by Gasteiger charge is 2.15. The molecule has 4 rings (SSSR count). The average Bonchev–Trinajstić information content (AvgIpc) is 2.69. The molecule has 1 unspecified atom stereocenters. The van der Waals surface area contributed by atoms with Crippen LogP contribution in [-0.2, 0) is 11.2 Å². The highest BCUT2D eigenvalue weighted by molar-refractivity contribution is 5.98. The van der Waals surface area contributed by atoms with E-state index in [2.05, 4.69) is 10.3 Å². The van der Waals surface area contributed by atoms with Gasteiger partial charge in [0.25, 0.3) is 0 Å². The topological polar surface area (TPSA) is 88.0 Å². The molecule has 0 fully saturated rings. The Morgan fingerprint density at radius 1 is 0.926 bits per heavy atom. The molecule has 0 aliphatic heterocycles. The number of anilines is 1. The number of hydrogen-bond donors (Lipinski definition) is 3. The number of carbonyl (C=O) groups excluding carboxylic acids is 1. The summed E-state index contributed by atoms with van der Waals surface area (Å²) in [5.41, 5.74) is 9.04. The summed E-state index contributed by atoms with van der Waals surface area (Å²) in [6.45, 7) is 0. The molecule has 5 heteroatoms. The third-order valence-corrected chi connectivity index (χ3v) is 4.61. The molecule has 0 radical (unpaired) electrons. The molecule has 0 bridgehead atoms. The molecule has 1 amide bonds. The van der Waals surface area contributed by atoms with E-state index in [9.17, 15) is 9.59 Å². The third-order valence-electron chi connectivity index (χ3n) is 4.61. The smallest absolute Gasteiger partial charge is 0.241 e. The molecule has 0 aliphatic rings. The summed E-state index contributed by atoms with van der Waals surface area (Å²) in [6.07, 6.45) is 0.450. The van der Waals surface area contributed by atoms with Gasteiger partial charge in [-0.25, -0.2) is 0 Å². The van der Waals surface area contributed by atoms with E-state index in [4.69, 9.17) is 5.73 Å². The summed E-state index contributed by atoms with van der Waals surface area (Å²) in [5, 5.41) is 3.96. The van der Waals surface area contributed by atoms with Gasteiger partial charge in [0.05, 0.1) is 6.04 Å². The lowest BCUT2D eigenvalue weighted by Crippen LogP contribution is -2.37. The van der Waals surface area contributed by atoms with Crippen molar-refractivity contribution in [3.8, 4) is 0 Å². The molecule has 5 nitrogen and oxygen atoms in total. The molecule has 4 aromatic rings. The number of aromatic nitrogens is 1. The van der Waals surface area contributed by atoms with E-state index in [1.54, 1.807) is 24.3 Å². The first-order valence-electron chi connectivity index (χ1n) is 8.77. The number of pyridine rings is 1. The van der Waals surface area contributed by atoms with E-state index in [0.29, 0.717) is 22.9 Å². The fourth-order valence-electron chi connectivity index (χ4n) is 3.19. The maximum Gasteiger partial charge on any atom is 0.241 e. The minimum absolute atomic E-state index is 0.0657. The van der Waals surface area contributed by atoms with Gasteiger partial charge < -0.3 is 16.0 Å². The molecular weight excluding hydrogens is 338 g/mol. The van der Waals surface area contributed by atoms with E-state index in [0.717, 1.165) is 16.6 Å². The van der Waals surface area contributed by atoms with Crippen molar-refractivity contribution in [1.82, 2.24) is 4.98 Å². The van der Waals surface area contributed by atoms with Gasteiger partial charge in [-0.2, -0.15) is 0 Å². The van der Waals surface area contributed by atoms with E-state index in [1.165, 1.54) is 0 Å². The molecule has 1 aromatic heterocycles. The molecule has 27 heavy (non-hydrogen) atoms. The van der Waals surface area contributed by atoms with Gasteiger partial charge in [-0.15, -0.1) is 0 Å². The number of carbonyl (C=O) groups is 1. The summed E-state index contributed by atoms with van der Waals surface area (Å²) < 4.78 is 0. The van der Waals surface area contributed by atoms with Crippen molar-refractivity contribution in [2.24, 2.45) is 5.73 Å². The SMILES string of the molecule is NC(Cc1ccccc1)C(=O)Nc1ccc2[nH]c3ccccc3c(=O)c2c1. The third kappa shape index (κ3) is 3.45. The Bertz CT molecular complexity index is 1180. The molecule has 1 atom stereocenters. The Morgan fingerprint density at radius 2 is 1.63 bits per heavy atom. The van der Waals surface area contributed by atoms with Gasteiger partial charge in [0, 0.05) is 27.5 Å². The molecule has 0 spiro atoms.